The van der Waals surface area contributed by atoms with Crippen molar-refractivity contribution in [2.45, 2.75) is 26.9 Å². The number of carbonyl (C=O) groups excluding carboxylic acids is 2. The van der Waals surface area contributed by atoms with Crippen molar-refractivity contribution in [1.82, 2.24) is 19.9 Å². The number of amides is 2. The Hall–Kier alpha value is -4.62. The van der Waals surface area contributed by atoms with E-state index in [-0.39, 0.29) is 11.8 Å². The Bertz CT molecular complexity index is 1570. The van der Waals surface area contributed by atoms with Crippen LogP contribution in [0.3, 0.4) is 0 Å². The molecule has 9 nitrogen and oxygen atoms in total. The summed E-state index contributed by atoms with van der Waals surface area (Å²) in [5, 5.41) is 12.7. The molecule has 0 atom stereocenters. The summed E-state index contributed by atoms with van der Waals surface area (Å²) >= 11 is 1.35. The van der Waals surface area contributed by atoms with Gasteiger partial charge in [-0.15, -0.1) is 0 Å². The highest BCUT2D eigenvalue weighted by molar-refractivity contribution is 7.16. The van der Waals surface area contributed by atoms with E-state index >= 15 is 0 Å². The fourth-order valence-corrected chi connectivity index (χ4v) is 5.22. The third kappa shape index (κ3) is 4.64. The molecule has 0 unspecified atom stereocenters. The molecule has 0 radical (unpaired) electrons. The summed E-state index contributed by atoms with van der Waals surface area (Å²) in [6.45, 7) is 4.49. The molecule has 0 saturated heterocycles. The summed E-state index contributed by atoms with van der Waals surface area (Å²) in [5.41, 5.74) is 4.95. The lowest BCUT2D eigenvalue weighted by Crippen LogP contribution is -2.26. The number of benzene rings is 1. The molecule has 1 N–H and O–H groups in total. The van der Waals surface area contributed by atoms with Gasteiger partial charge in [-0.25, -0.2) is 4.98 Å². The second-order valence-electron chi connectivity index (χ2n) is 8.59. The number of nitrogens with zero attached hydrogens (tertiary/aromatic N) is 5. The fourth-order valence-electron chi connectivity index (χ4n) is 4.24. The van der Waals surface area contributed by atoms with Crippen LogP contribution in [0.4, 0.5) is 5.13 Å². The van der Waals surface area contributed by atoms with Crippen LogP contribution in [0.2, 0.25) is 0 Å². The number of methoxy groups -OCH3 is 1. The molecule has 0 aliphatic carbocycles. The number of hydrogen-bond donors (Lipinski definition) is 1. The predicted octanol–water partition coefficient (Wildman–Crippen LogP) is 4.51. The number of ether oxygens (including phenoxy) is 1. The maximum atomic E-state index is 13.3. The molecule has 4 heterocycles. The zero-order valence-electron chi connectivity index (χ0n) is 20.4. The SMILES string of the molecule is COc1ccc(C#N)cc1-c1cc(C)ncc1C(=O)Nc1nc2c(s1)CN(C(=O)c1ccncc1C)C2. The Morgan fingerprint density at radius 2 is 1.95 bits per heavy atom. The van der Waals surface area contributed by atoms with Gasteiger partial charge in [0, 0.05) is 41.0 Å². The number of thiazole rings is 1. The molecular formula is C27H22N6O3S. The number of fused-ring (bicyclic) bond motifs is 1. The maximum absolute atomic E-state index is 13.3. The van der Waals surface area contributed by atoms with Crippen molar-refractivity contribution < 1.29 is 14.3 Å². The number of carbonyl (C=O) groups is 2. The molecule has 1 aromatic carbocycles. The molecule has 1 aliphatic heterocycles. The standard InChI is InChI=1S/C27H22N6O3S/c1-15-11-29-7-6-18(15)26(35)33-13-22-24(14-33)37-27(31-22)32-25(34)21-12-30-16(2)8-19(21)20-9-17(10-28)4-5-23(20)36-3/h4-9,11-12H,13-14H2,1-3H3,(H,31,32,34). The number of hydrogen-bond acceptors (Lipinski definition) is 8. The number of rotatable bonds is 5. The van der Waals surface area contributed by atoms with Crippen molar-refractivity contribution in [3.8, 4) is 22.9 Å². The van der Waals surface area contributed by atoms with Crippen LogP contribution in [0, 0.1) is 25.2 Å². The molecule has 184 valence electrons. The van der Waals surface area contributed by atoms with E-state index in [0.717, 1.165) is 21.8 Å². The number of anilines is 1. The average molecular weight is 511 g/mol. The Kier molecular flexibility index (Phi) is 6.38. The lowest BCUT2D eigenvalue weighted by atomic mass is 9.97. The first kappa shape index (κ1) is 24.1. The monoisotopic (exact) mass is 510 g/mol. The topological polar surface area (TPSA) is 121 Å². The van der Waals surface area contributed by atoms with Crippen LogP contribution in [0.5, 0.6) is 5.75 Å². The summed E-state index contributed by atoms with van der Waals surface area (Å²) in [5.74, 6) is 0.0975. The minimum absolute atomic E-state index is 0.0698. The number of pyridine rings is 2. The molecule has 4 aromatic rings. The van der Waals surface area contributed by atoms with E-state index in [9.17, 15) is 14.9 Å². The van der Waals surface area contributed by atoms with Crippen LogP contribution >= 0.6 is 11.3 Å². The first-order valence-electron chi connectivity index (χ1n) is 11.4. The second-order valence-corrected chi connectivity index (χ2v) is 9.68. The van der Waals surface area contributed by atoms with Gasteiger partial charge in [0.15, 0.2) is 5.13 Å². The van der Waals surface area contributed by atoms with Crippen LogP contribution in [-0.2, 0) is 13.1 Å². The Labute approximate surface area is 217 Å². The molecule has 1 aliphatic rings. The highest BCUT2D eigenvalue weighted by Crippen LogP contribution is 2.35. The lowest BCUT2D eigenvalue weighted by molar-refractivity contribution is 0.0750. The van der Waals surface area contributed by atoms with Crippen LogP contribution in [0.25, 0.3) is 11.1 Å². The van der Waals surface area contributed by atoms with Gasteiger partial charge in [-0.2, -0.15) is 5.26 Å². The van der Waals surface area contributed by atoms with Gasteiger partial charge in [0.25, 0.3) is 11.8 Å². The summed E-state index contributed by atoms with van der Waals surface area (Å²) in [4.78, 5) is 41.9. The Balaban J connectivity index is 1.38. The number of aryl methyl sites for hydroxylation is 2. The summed E-state index contributed by atoms with van der Waals surface area (Å²) < 4.78 is 5.49. The van der Waals surface area contributed by atoms with E-state index in [1.54, 1.807) is 54.7 Å². The normalized spacial score (nSPS) is 12.1. The van der Waals surface area contributed by atoms with Crippen molar-refractivity contribution in [1.29, 1.82) is 5.26 Å². The van der Waals surface area contributed by atoms with Gasteiger partial charge in [0.05, 0.1) is 48.0 Å². The van der Waals surface area contributed by atoms with Crippen LogP contribution in [0.1, 0.15) is 48.1 Å². The zero-order chi connectivity index (χ0) is 26.1. The molecule has 0 fully saturated rings. The first-order chi connectivity index (χ1) is 17.9. The molecule has 37 heavy (non-hydrogen) atoms. The van der Waals surface area contributed by atoms with Gasteiger partial charge in [-0.3, -0.25) is 24.9 Å². The van der Waals surface area contributed by atoms with Crippen molar-refractivity contribution in [2.75, 3.05) is 12.4 Å². The van der Waals surface area contributed by atoms with Gasteiger partial charge in [-0.1, -0.05) is 11.3 Å². The van der Waals surface area contributed by atoms with Crippen LogP contribution in [-0.4, -0.2) is 38.8 Å². The van der Waals surface area contributed by atoms with Gasteiger partial charge >= 0.3 is 0 Å². The Morgan fingerprint density at radius 1 is 1.11 bits per heavy atom. The lowest BCUT2D eigenvalue weighted by Gasteiger charge is -2.16. The van der Waals surface area contributed by atoms with Gasteiger partial charge < -0.3 is 9.64 Å². The van der Waals surface area contributed by atoms with Gasteiger partial charge in [0.2, 0.25) is 0 Å². The molecule has 0 bridgehead atoms. The average Bonchev–Trinajstić information content (AvgIpc) is 3.47. The Morgan fingerprint density at radius 3 is 2.68 bits per heavy atom. The van der Waals surface area contributed by atoms with E-state index in [1.165, 1.54) is 17.5 Å². The summed E-state index contributed by atoms with van der Waals surface area (Å²) in [6.07, 6.45) is 4.79. The molecule has 0 spiro atoms. The molecule has 3 aromatic heterocycles. The summed E-state index contributed by atoms with van der Waals surface area (Å²) in [7, 11) is 1.54. The minimum Gasteiger partial charge on any atom is -0.496 e. The highest BCUT2D eigenvalue weighted by Gasteiger charge is 2.29. The first-order valence-corrected chi connectivity index (χ1v) is 12.2. The fraction of sp³-hybridized carbons (Fsp3) is 0.185. The third-order valence-electron chi connectivity index (χ3n) is 6.12. The smallest absolute Gasteiger partial charge is 0.259 e. The van der Waals surface area contributed by atoms with Crippen LogP contribution in [0.15, 0.2) is 48.9 Å². The quantitative estimate of drug-likeness (QED) is 0.419. The summed E-state index contributed by atoms with van der Waals surface area (Å²) in [6, 6.07) is 10.7. The van der Waals surface area contributed by atoms with E-state index in [0.29, 0.717) is 51.8 Å². The van der Waals surface area contributed by atoms with Crippen molar-refractivity contribution >= 4 is 28.3 Å². The van der Waals surface area contributed by atoms with Crippen LogP contribution < -0.4 is 10.1 Å². The molecule has 10 heteroatoms. The number of aromatic nitrogens is 3. The van der Waals surface area contributed by atoms with E-state index in [4.69, 9.17) is 4.74 Å². The van der Waals surface area contributed by atoms with E-state index in [1.807, 2.05) is 13.8 Å². The third-order valence-corrected chi connectivity index (χ3v) is 7.11. The van der Waals surface area contributed by atoms with Crippen molar-refractivity contribution in [3.05, 3.63) is 87.4 Å². The zero-order valence-corrected chi connectivity index (χ0v) is 21.2. The van der Waals surface area contributed by atoms with Gasteiger partial charge in [0.1, 0.15) is 5.75 Å². The molecule has 2 amide bonds. The second kappa shape index (κ2) is 9.79. The maximum Gasteiger partial charge on any atom is 0.259 e. The molecular weight excluding hydrogens is 488 g/mol. The van der Waals surface area contributed by atoms with Gasteiger partial charge in [-0.05, 0) is 49.7 Å². The number of nitriles is 1. The van der Waals surface area contributed by atoms with E-state index < -0.39 is 0 Å². The molecule has 0 saturated carbocycles. The van der Waals surface area contributed by atoms with E-state index in [2.05, 4.69) is 26.3 Å². The minimum atomic E-state index is -0.375. The van der Waals surface area contributed by atoms with Crippen molar-refractivity contribution in [3.63, 3.8) is 0 Å². The highest BCUT2D eigenvalue weighted by atomic mass is 32.1. The number of nitrogens with one attached hydrogen (secondary N) is 1. The predicted molar refractivity (Wildman–Crippen MR) is 138 cm³/mol. The van der Waals surface area contributed by atoms with Crippen molar-refractivity contribution in [2.24, 2.45) is 0 Å². The largest absolute Gasteiger partial charge is 0.496 e. The molecule has 5 rings (SSSR count).